The Balaban J connectivity index is 1.65. The van der Waals surface area contributed by atoms with Crippen LogP contribution in [0.4, 0.5) is 0 Å². The minimum absolute atomic E-state index is 0.0276. The van der Waals surface area contributed by atoms with Gasteiger partial charge in [-0.3, -0.25) is 0 Å². The first-order valence-electron chi connectivity index (χ1n) is 6.95. The van der Waals surface area contributed by atoms with E-state index in [-0.39, 0.29) is 6.04 Å². The van der Waals surface area contributed by atoms with E-state index in [1.54, 1.807) is 0 Å². The van der Waals surface area contributed by atoms with Crippen molar-refractivity contribution in [1.82, 2.24) is 10.1 Å². The van der Waals surface area contributed by atoms with Crippen LogP contribution in [0.5, 0.6) is 5.75 Å². The van der Waals surface area contributed by atoms with Crippen LogP contribution in [0.1, 0.15) is 54.6 Å². The second kappa shape index (κ2) is 5.25. The zero-order chi connectivity index (χ0) is 14.1. The summed E-state index contributed by atoms with van der Waals surface area (Å²) in [5, 5.41) is 3.97. The van der Waals surface area contributed by atoms with E-state index in [1.807, 2.05) is 32.0 Å². The second-order valence-corrected chi connectivity index (χ2v) is 5.42. The molecular formula is C15H19N3O2. The Morgan fingerprint density at radius 3 is 2.90 bits per heavy atom. The first-order valence-corrected chi connectivity index (χ1v) is 6.95. The number of nitrogens with two attached hydrogens (primary N) is 1. The van der Waals surface area contributed by atoms with Crippen LogP contribution in [0.15, 0.2) is 22.7 Å². The molecule has 5 heteroatoms. The summed E-state index contributed by atoms with van der Waals surface area (Å²) in [7, 11) is 0. The fraction of sp³-hybridized carbons (Fsp3) is 0.467. The summed E-state index contributed by atoms with van der Waals surface area (Å²) in [6.07, 6.45) is 2.33. The van der Waals surface area contributed by atoms with Gasteiger partial charge in [0.1, 0.15) is 5.75 Å². The molecule has 1 aliphatic carbocycles. The van der Waals surface area contributed by atoms with Crippen LogP contribution in [0.3, 0.4) is 0 Å². The van der Waals surface area contributed by atoms with Gasteiger partial charge in [0.15, 0.2) is 12.4 Å². The largest absolute Gasteiger partial charge is 0.483 e. The van der Waals surface area contributed by atoms with Gasteiger partial charge < -0.3 is 15.0 Å². The quantitative estimate of drug-likeness (QED) is 0.906. The average molecular weight is 273 g/mol. The van der Waals surface area contributed by atoms with Gasteiger partial charge >= 0.3 is 0 Å². The summed E-state index contributed by atoms with van der Waals surface area (Å²) >= 11 is 0. The van der Waals surface area contributed by atoms with Crippen LogP contribution >= 0.6 is 0 Å². The van der Waals surface area contributed by atoms with Crippen LogP contribution < -0.4 is 10.5 Å². The first-order chi connectivity index (χ1) is 9.63. The van der Waals surface area contributed by atoms with Crippen molar-refractivity contribution in [2.24, 2.45) is 5.73 Å². The van der Waals surface area contributed by atoms with E-state index in [0.29, 0.717) is 18.4 Å². The Labute approximate surface area is 118 Å². The van der Waals surface area contributed by atoms with Crippen molar-refractivity contribution in [2.45, 2.75) is 45.3 Å². The predicted octanol–water partition coefficient (Wildman–Crippen LogP) is 2.85. The number of benzene rings is 1. The molecule has 0 amide bonds. The summed E-state index contributed by atoms with van der Waals surface area (Å²) in [6, 6.07) is 5.99. The Kier molecular flexibility index (Phi) is 3.44. The molecule has 106 valence electrons. The number of ether oxygens (including phenoxy) is 1. The number of hydrogen-bond acceptors (Lipinski definition) is 5. The minimum atomic E-state index is 0.0276. The van der Waals surface area contributed by atoms with Crippen molar-refractivity contribution in [3.8, 4) is 5.75 Å². The van der Waals surface area contributed by atoms with Gasteiger partial charge in [-0.2, -0.15) is 4.98 Å². The Bertz CT molecular complexity index is 603. The van der Waals surface area contributed by atoms with Crippen LogP contribution in [-0.4, -0.2) is 10.1 Å². The third kappa shape index (κ3) is 2.82. The van der Waals surface area contributed by atoms with Crippen molar-refractivity contribution in [3.63, 3.8) is 0 Å². The summed E-state index contributed by atoms with van der Waals surface area (Å²) in [5.74, 6) is 2.66. The highest BCUT2D eigenvalue weighted by Gasteiger charge is 2.28. The number of hydrogen-bond donors (Lipinski definition) is 1. The minimum Gasteiger partial charge on any atom is -0.483 e. The zero-order valence-electron chi connectivity index (χ0n) is 11.8. The maximum Gasteiger partial charge on any atom is 0.264 e. The van der Waals surface area contributed by atoms with E-state index in [2.05, 4.69) is 10.1 Å². The highest BCUT2D eigenvalue weighted by molar-refractivity contribution is 5.37. The van der Waals surface area contributed by atoms with Gasteiger partial charge in [-0.1, -0.05) is 17.3 Å². The molecule has 1 heterocycles. The van der Waals surface area contributed by atoms with E-state index in [9.17, 15) is 0 Å². The van der Waals surface area contributed by atoms with Gasteiger partial charge in [0, 0.05) is 12.0 Å². The molecule has 5 nitrogen and oxygen atoms in total. The van der Waals surface area contributed by atoms with Crippen LogP contribution in [0.2, 0.25) is 0 Å². The monoisotopic (exact) mass is 273 g/mol. The molecule has 0 saturated heterocycles. The zero-order valence-corrected chi connectivity index (χ0v) is 11.8. The van der Waals surface area contributed by atoms with E-state index < -0.39 is 0 Å². The van der Waals surface area contributed by atoms with E-state index in [1.165, 1.54) is 0 Å². The maximum atomic E-state index is 5.86. The topological polar surface area (TPSA) is 74.2 Å². The summed E-state index contributed by atoms with van der Waals surface area (Å²) in [5.41, 5.74) is 8.02. The molecule has 0 unspecified atom stereocenters. The highest BCUT2D eigenvalue weighted by atomic mass is 16.5. The van der Waals surface area contributed by atoms with E-state index in [0.717, 1.165) is 35.5 Å². The molecule has 20 heavy (non-hydrogen) atoms. The lowest BCUT2D eigenvalue weighted by molar-refractivity contribution is 0.241. The number of aromatic nitrogens is 2. The molecule has 2 aromatic rings. The molecule has 0 spiro atoms. The summed E-state index contributed by atoms with van der Waals surface area (Å²) in [4.78, 5) is 4.34. The van der Waals surface area contributed by atoms with Gasteiger partial charge in [-0.25, -0.2) is 0 Å². The molecular weight excluding hydrogens is 254 g/mol. The van der Waals surface area contributed by atoms with Gasteiger partial charge in [-0.15, -0.1) is 0 Å². The third-order valence-electron chi connectivity index (χ3n) is 3.50. The van der Waals surface area contributed by atoms with E-state index >= 15 is 0 Å². The lowest BCUT2D eigenvalue weighted by Gasteiger charge is -2.11. The van der Waals surface area contributed by atoms with Gasteiger partial charge in [0.05, 0.1) is 0 Å². The fourth-order valence-corrected chi connectivity index (χ4v) is 2.09. The van der Waals surface area contributed by atoms with E-state index in [4.69, 9.17) is 15.0 Å². The first kappa shape index (κ1) is 13.1. The molecule has 1 aliphatic rings. The lowest BCUT2D eigenvalue weighted by atomic mass is 10.1. The lowest BCUT2D eigenvalue weighted by Crippen LogP contribution is -2.05. The third-order valence-corrected chi connectivity index (χ3v) is 3.50. The Hall–Kier alpha value is -1.88. The molecule has 0 radical (unpaired) electrons. The van der Waals surface area contributed by atoms with Crippen molar-refractivity contribution in [2.75, 3.05) is 0 Å². The Morgan fingerprint density at radius 1 is 1.45 bits per heavy atom. The van der Waals surface area contributed by atoms with Crippen molar-refractivity contribution >= 4 is 0 Å². The van der Waals surface area contributed by atoms with Crippen molar-refractivity contribution in [3.05, 3.63) is 41.0 Å². The van der Waals surface area contributed by atoms with Crippen LogP contribution in [-0.2, 0) is 6.61 Å². The van der Waals surface area contributed by atoms with Crippen molar-refractivity contribution < 1.29 is 9.26 Å². The standard InChI is InChI=1S/C15H19N3O2/c1-9-7-12(10(2)16)5-6-13(9)19-8-14-17-15(18-20-14)11-3-4-11/h5-7,10-11H,3-4,8,16H2,1-2H3/t10-/m1/s1. The number of nitrogens with zero attached hydrogens (tertiary/aromatic N) is 2. The number of rotatable bonds is 5. The van der Waals surface area contributed by atoms with Crippen molar-refractivity contribution in [1.29, 1.82) is 0 Å². The smallest absolute Gasteiger partial charge is 0.264 e. The second-order valence-electron chi connectivity index (χ2n) is 5.42. The summed E-state index contributed by atoms with van der Waals surface area (Å²) in [6.45, 7) is 4.27. The molecule has 1 saturated carbocycles. The maximum absolute atomic E-state index is 5.86. The van der Waals surface area contributed by atoms with Gasteiger partial charge in [0.2, 0.25) is 0 Å². The SMILES string of the molecule is Cc1cc([C@@H](C)N)ccc1OCc1nc(C2CC2)no1. The molecule has 2 N–H and O–H groups in total. The Morgan fingerprint density at radius 2 is 2.25 bits per heavy atom. The van der Waals surface area contributed by atoms with Gasteiger partial charge in [0.25, 0.3) is 5.89 Å². The fourth-order valence-electron chi connectivity index (χ4n) is 2.09. The number of aryl methyl sites for hydroxylation is 1. The molecule has 1 fully saturated rings. The van der Waals surface area contributed by atoms with Crippen LogP contribution in [0.25, 0.3) is 0 Å². The normalized spacial score (nSPS) is 16.1. The molecule has 1 atom stereocenters. The molecule has 1 aromatic carbocycles. The van der Waals surface area contributed by atoms with Crippen LogP contribution in [0, 0.1) is 6.92 Å². The van der Waals surface area contributed by atoms with Gasteiger partial charge in [-0.05, 0) is 43.9 Å². The molecule has 0 bridgehead atoms. The molecule has 0 aliphatic heterocycles. The average Bonchev–Trinajstić information content (AvgIpc) is 3.17. The predicted molar refractivity (Wildman–Crippen MR) is 74.4 cm³/mol. The highest BCUT2D eigenvalue weighted by Crippen LogP contribution is 2.38. The summed E-state index contributed by atoms with van der Waals surface area (Å²) < 4.78 is 10.9. The molecule has 3 rings (SSSR count). The molecule has 1 aromatic heterocycles.